The molecule has 0 atom stereocenters. The highest BCUT2D eigenvalue weighted by atomic mass is 35.5. The van der Waals surface area contributed by atoms with E-state index < -0.39 is 5.41 Å². The van der Waals surface area contributed by atoms with Gasteiger partial charge in [-0.1, -0.05) is 23.7 Å². The van der Waals surface area contributed by atoms with Crippen LogP contribution in [-0.2, 0) is 10.2 Å². The number of carbonyl (C=O) groups is 1. The standard InChI is InChI=1S/C25H27ClN4O2/c26-21-14-18(2-4-23(21)32)17-1-3-22-19(13-17)24(20(15-29-22)25(16-31)5-6-25)28-9-12-30-10-7-27-8-11-30/h1-4,13-16,27,32H,5-12H2,(H,28,29). The Morgan fingerprint density at radius 1 is 1.16 bits per heavy atom. The molecule has 1 aliphatic heterocycles. The summed E-state index contributed by atoms with van der Waals surface area (Å²) in [5.41, 5.74) is 4.36. The molecule has 5 rings (SSSR count). The van der Waals surface area contributed by atoms with E-state index in [1.807, 2.05) is 24.4 Å². The van der Waals surface area contributed by atoms with Crippen LogP contribution in [0.15, 0.2) is 42.6 Å². The minimum atomic E-state index is -0.420. The lowest BCUT2D eigenvalue weighted by atomic mass is 9.94. The highest BCUT2D eigenvalue weighted by Gasteiger charge is 2.46. The van der Waals surface area contributed by atoms with Gasteiger partial charge in [-0.2, -0.15) is 0 Å². The lowest BCUT2D eigenvalue weighted by molar-refractivity contribution is -0.109. The molecule has 32 heavy (non-hydrogen) atoms. The van der Waals surface area contributed by atoms with Crippen LogP contribution in [0, 0.1) is 0 Å². The van der Waals surface area contributed by atoms with Gasteiger partial charge in [0.05, 0.1) is 16.0 Å². The number of carbonyl (C=O) groups excluding carboxylic acids is 1. The van der Waals surface area contributed by atoms with Crippen molar-refractivity contribution >= 4 is 34.5 Å². The topological polar surface area (TPSA) is 77.5 Å². The number of nitrogens with zero attached hydrogens (tertiary/aromatic N) is 2. The van der Waals surface area contributed by atoms with Crippen molar-refractivity contribution in [2.45, 2.75) is 18.3 Å². The van der Waals surface area contributed by atoms with E-state index in [-0.39, 0.29) is 5.75 Å². The highest BCUT2D eigenvalue weighted by Crippen LogP contribution is 2.50. The number of rotatable bonds is 7. The molecule has 7 heteroatoms. The van der Waals surface area contributed by atoms with Crippen molar-refractivity contribution in [1.82, 2.24) is 15.2 Å². The first kappa shape index (κ1) is 21.2. The van der Waals surface area contributed by atoms with Gasteiger partial charge >= 0.3 is 0 Å². The van der Waals surface area contributed by atoms with Gasteiger partial charge in [0.2, 0.25) is 0 Å². The fraction of sp³-hybridized carbons (Fsp3) is 0.360. The van der Waals surface area contributed by atoms with Gasteiger partial charge in [0.1, 0.15) is 12.0 Å². The molecule has 1 aromatic heterocycles. The maximum absolute atomic E-state index is 11.9. The third-order valence-electron chi connectivity index (χ3n) is 6.64. The highest BCUT2D eigenvalue weighted by molar-refractivity contribution is 6.32. The van der Waals surface area contributed by atoms with Crippen molar-refractivity contribution in [1.29, 1.82) is 0 Å². The molecule has 0 bridgehead atoms. The molecule has 1 saturated carbocycles. The molecule has 6 nitrogen and oxygen atoms in total. The molecular weight excluding hydrogens is 424 g/mol. The first-order chi connectivity index (χ1) is 15.6. The van der Waals surface area contributed by atoms with E-state index in [1.165, 1.54) is 0 Å². The van der Waals surface area contributed by atoms with E-state index in [0.717, 1.165) is 91.7 Å². The summed E-state index contributed by atoms with van der Waals surface area (Å²) in [6.45, 7) is 5.90. The van der Waals surface area contributed by atoms with Crippen LogP contribution in [0.1, 0.15) is 18.4 Å². The van der Waals surface area contributed by atoms with Crippen LogP contribution in [0.4, 0.5) is 5.69 Å². The van der Waals surface area contributed by atoms with Crippen LogP contribution >= 0.6 is 11.6 Å². The molecule has 0 unspecified atom stereocenters. The Balaban J connectivity index is 1.53. The molecule has 0 radical (unpaired) electrons. The number of hydrogen-bond acceptors (Lipinski definition) is 6. The Labute approximate surface area is 192 Å². The quantitative estimate of drug-likeness (QED) is 0.475. The van der Waals surface area contributed by atoms with Crippen LogP contribution in [0.3, 0.4) is 0 Å². The molecule has 1 saturated heterocycles. The fourth-order valence-corrected chi connectivity index (χ4v) is 4.67. The average Bonchev–Trinajstić information content (AvgIpc) is 3.62. The Kier molecular flexibility index (Phi) is 5.76. The van der Waals surface area contributed by atoms with E-state index in [9.17, 15) is 9.90 Å². The Morgan fingerprint density at radius 2 is 1.91 bits per heavy atom. The minimum absolute atomic E-state index is 0.0667. The number of aromatic nitrogens is 1. The molecule has 3 aromatic rings. The van der Waals surface area contributed by atoms with Gasteiger partial charge in [-0.15, -0.1) is 0 Å². The van der Waals surface area contributed by atoms with Crippen LogP contribution in [0.2, 0.25) is 5.02 Å². The molecule has 166 valence electrons. The third kappa shape index (κ3) is 4.06. The van der Waals surface area contributed by atoms with Gasteiger partial charge in [0.25, 0.3) is 0 Å². The van der Waals surface area contributed by atoms with Crippen molar-refractivity contribution in [3.05, 3.63) is 53.2 Å². The first-order valence-electron chi connectivity index (χ1n) is 11.1. The molecule has 1 aliphatic carbocycles. The lowest BCUT2D eigenvalue weighted by Gasteiger charge is -2.27. The number of hydrogen-bond donors (Lipinski definition) is 3. The zero-order chi connectivity index (χ0) is 22.1. The molecular formula is C25H27ClN4O2. The van der Waals surface area contributed by atoms with Crippen LogP contribution < -0.4 is 10.6 Å². The van der Waals surface area contributed by atoms with Crippen molar-refractivity contribution < 1.29 is 9.90 Å². The van der Waals surface area contributed by atoms with Crippen molar-refractivity contribution in [3.8, 4) is 16.9 Å². The Bertz CT molecular complexity index is 1160. The van der Waals surface area contributed by atoms with Crippen LogP contribution in [-0.4, -0.2) is 60.5 Å². The van der Waals surface area contributed by atoms with E-state index >= 15 is 0 Å². The molecule has 2 aliphatic rings. The molecule has 3 N–H and O–H groups in total. The van der Waals surface area contributed by atoms with E-state index in [2.05, 4.69) is 26.6 Å². The van der Waals surface area contributed by atoms with Crippen molar-refractivity contribution in [3.63, 3.8) is 0 Å². The summed E-state index contributed by atoms with van der Waals surface area (Å²) in [5.74, 6) is 0.0667. The maximum Gasteiger partial charge on any atom is 0.134 e. The number of aldehydes is 1. The second-order valence-corrected chi connectivity index (χ2v) is 9.14. The van der Waals surface area contributed by atoms with Crippen molar-refractivity contribution in [2.75, 3.05) is 44.6 Å². The zero-order valence-electron chi connectivity index (χ0n) is 17.9. The minimum Gasteiger partial charge on any atom is -0.506 e. The summed E-state index contributed by atoms with van der Waals surface area (Å²) in [4.78, 5) is 19.1. The van der Waals surface area contributed by atoms with Gasteiger partial charge in [0, 0.05) is 62.1 Å². The molecule has 2 aromatic carbocycles. The smallest absolute Gasteiger partial charge is 0.134 e. The molecule has 0 spiro atoms. The number of phenolic OH excluding ortho intramolecular Hbond substituents is 1. The number of halogens is 1. The third-order valence-corrected chi connectivity index (χ3v) is 6.94. The van der Waals surface area contributed by atoms with Gasteiger partial charge < -0.3 is 20.5 Å². The fourth-order valence-electron chi connectivity index (χ4n) is 4.49. The van der Waals surface area contributed by atoms with Gasteiger partial charge in [-0.3, -0.25) is 9.88 Å². The Hall–Kier alpha value is -2.67. The van der Waals surface area contributed by atoms with Gasteiger partial charge in [-0.05, 0) is 48.2 Å². The predicted molar refractivity (Wildman–Crippen MR) is 129 cm³/mol. The molecule has 2 heterocycles. The predicted octanol–water partition coefficient (Wildman–Crippen LogP) is 3.81. The van der Waals surface area contributed by atoms with E-state index in [4.69, 9.17) is 11.6 Å². The summed E-state index contributed by atoms with van der Waals surface area (Å²) in [6.07, 6.45) is 4.68. The maximum atomic E-state index is 11.9. The summed E-state index contributed by atoms with van der Waals surface area (Å²) in [5, 5.41) is 18.1. The number of fused-ring (bicyclic) bond motifs is 1. The summed E-state index contributed by atoms with van der Waals surface area (Å²) in [6, 6.07) is 11.3. The number of anilines is 1. The lowest BCUT2D eigenvalue weighted by Crippen LogP contribution is -2.45. The monoisotopic (exact) mass is 450 g/mol. The molecule has 2 fully saturated rings. The average molecular weight is 451 g/mol. The second kappa shape index (κ2) is 8.70. The first-order valence-corrected chi connectivity index (χ1v) is 11.5. The SMILES string of the molecule is O=CC1(c2cnc3ccc(-c4ccc(O)c(Cl)c4)cc3c2NCCN2CCNCC2)CC1. The van der Waals surface area contributed by atoms with E-state index in [0.29, 0.717) is 5.02 Å². The van der Waals surface area contributed by atoms with Crippen LogP contribution in [0.5, 0.6) is 5.75 Å². The van der Waals surface area contributed by atoms with E-state index in [1.54, 1.807) is 12.1 Å². The normalized spacial score (nSPS) is 17.9. The van der Waals surface area contributed by atoms with Crippen LogP contribution in [0.25, 0.3) is 22.0 Å². The number of piperazine rings is 1. The second-order valence-electron chi connectivity index (χ2n) is 8.74. The summed E-state index contributed by atoms with van der Waals surface area (Å²) < 4.78 is 0. The molecule has 0 amide bonds. The summed E-state index contributed by atoms with van der Waals surface area (Å²) in [7, 11) is 0. The Morgan fingerprint density at radius 3 is 2.62 bits per heavy atom. The van der Waals surface area contributed by atoms with Crippen molar-refractivity contribution in [2.24, 2.45) is 0 Å². The number of pyridine rings is 1. The van der Waals surface area contributed by atoms with Gasteiger partial charge in [0.15, 0.2) is 0 Å². The van der Waals surface area contributed by atoms with Gasteiger partial charge in [-0.25, -0.2) is 0 Å². The largest absolute Gasteiger partial charge is 0.506 e. The zero-order valence-corrected chi connectivity index (χ0v) is 18.7. The number of benzene rings is 2. The number of aromatic hydroxyl groups is 1. The number of phenols is 1. The number of nitrogens with one attached hydrogen (secondary N) is 2. The summed E-state index contributed by atoms with van der Waals surface area (Å²) >= 11 is 6.15.